The van der Waals surface area contributed by atoms with E-state index in [-0.39, 0.29) is 12.6 Å². The molecule has 0 aromatic heterocycles. The second-order valence-corrected chi connectivity index (χ2v) is 4.59. The number of hydrogen-bond acceptors (Lipinski definition) is 3. The van der Waals surface area contributed by atoms with Crippen molar-refractivity contribution in [3.63, 3.8) is 0 Å². The maximum absolute atomic E-state index is 9.19. The third-order valence-electron chi connectivity index (χ3n) is 2.96. The SMILES string of the molecule is COc1cccc(CCNC(CO)C(C)C)c1. The summed E-state index contributed by atoms with van der Waals surface area (Å²) in [5.74, 6) is 1.34. The molecule has 1 aromatic rings. The molecule has 0 saturated heterocycles. The van der Waals surface area contributed by atoms with Gasteiger partial charge in [0.2, 0.25) is 0 Å². The molecule has 1 aromatic carbocycles. The molecule has 96 valence electrons. The summed E-state index contributed by atoms with van der Waals surface area (Å²) in [5.41, 5.74) is 1.25. The Hall–Kier alpha value is -1.06. The van der Waals surface area contributed by atoms with Crippen LogP contribution in [0.4, 0.5) is 0 Å². The van der Waals surface area contributed by atoms with Crippen molar-refractivity contribution >= 4 is 0 Å². The number of ether oxygens (including phenoxy) is 1. The maximum atomic E-state index is 9.19. The Morgan fingerprint density at radius 2 is 2.12 bits per heavy atom. The summed E-state index contributed by atoms with van der Waals surface area (Å²) in [5, 5.41) is 12.6. The summed E-state index contributed by atoms with van der Waals surface area (Å²) >= 11 is 0. The molecule has 0 radical (unpaired) electrons. The molecule has 0 heterocycles. The van der Waals surface area contributed by atoms with Gasteiger partial charge in [0, 0.05) is 6.04 Å². The van der Waals surface area contributed by atoms with Crippen LogP contribution in [-0.2, 0) is 6.42 Å². The van der Waals surface area contributed by atoms with Crippen LogP contribution in [0.2, 0.25) is 0 Å². The van der Waals surface area contributed by atoms with Gasteiger partial charge in [0.05, 0.1) is 13.7 Å². The summed E-state index contributed by atoms with van der Waals surface area (Å²) in [4.78, 5) is 0. The zero-order chi connectivity index (χ0) is 12.7. The molecular formula is C14H23NO2. The van der Waals surface area contributed by atoms with Gasteiger partial charge in [-0.15, -0.1) is 0 Å². The number of benzene rings is 1. The Labute approximate surface area is 104 Å². The van der Waals surface area contributed by atoms with Gasteiger partial charge in [-0.2, -0.15) is 0 Å². The van der Waals surface area contributed by atoms with E-state index in [1.807, 2.05) is 18.2 Å². The summed E-state index contributed by atoms with van der Waals surface area (Å²) < 4.78 is 5.18. The fraction of sp³-hybridized carbons (Fsp3) is 0.571. The smallest absolute Gasteiger partial charge is 0.119 e. The lowest BCUT2D eigenvalue weighted by Gasteiger charge is -2.19. The highest BCUT2D eigenvalue weighted by Crippen LogP contribution is 2.12. The van der Waals surface area contributed by atoms with Crippen molar-refractivity contribution in [3.05, 3.63) is 29.8 Å². The minimum Gasteiger partial charge on any atom is -0.497 e. The van der Waals surface area contributed by atoms with E-state index in [9.17, 15) is 5.11 Å². The van der Waals surface area contributed by atoms with Gasteiger partial charge in [0.15, 0.2) is 0 Å². The van der Waals surface area contributed by atoms with E-state index in [1.165, 1.54) is 5.56 Å². The van der Waals surface area contributed by atoms with Crippen LogP contribution in [0.5, 0.6) is 5.75 Å². The van der Waals surface area contributed by atoms with Gasteiger partial charge in [-0.3, -0.25) is 0 Å². The fourth-order valence-electron chi connectivity index (χ4n) is 1.74. The molecule has 17 heavy (non-hydrogen) atoms. The van der Waals surface area contributed by atoms with Crippen LogP contribution >= 0.6 is 0 Å². The second kappa shape index (κ2) is 7.30. The van der Waals surface area contributed by atoms with Gasteiger partial charge in [-0.1, -0.05) is 26.0 Å². The quantitative estimate of drug-likeness (QED) is 0.760. The van der Waals surface area contributed by atoms with Crippen LogP contribution < -0.4 is 10.1 Å². The highest BCUT2D eigenvalue weighted by atomic mass is 16.5. The van der Waals surface area contributed by atoms with Crippen molar-refractivity contribution in [2.24, 2.45) is 5.92 Å². The first-order valence-electron chi connectivity index (χ1n) is 6.14. The third-order valence-corrected chi connectivity index (χ3v) is 2.96. The van der Waals surface area contributed by atoms with Crippen molar-refractivity contribution in [1.29, 1.82) is 0 Å². The molecule has 2 N–H and O–H groups in total. The molecule has 0 spiro atoms. The van der Waals surface area contributed by atoms with Crippen LogP contribution in [0.25, 0.3) is 0 Å². The first-order chi connectivity index (χ1) is 8.17. The van der Waals surface area contributed by atoms with Crippen molar-refractivity contribution in [2.75, 3.05) is 20.3 Å². The van der Waals surface area contributed by atoms with Gasteiger partial charge in [-0.05, 0) is 36.6 Å². The van der Waals surface area contributed by atoms with E-state index in [1.54, 1.807) is 7.11 Å². The fourth-order valence-corrected chi connectivity index (χ4v) is 1.74. The standard InChI is InChI=1S/C14H23NO2/c1-11(2)14(10-16)15-8-7-12-5-4-6-13(9-12)17-3/h4-6,9,11,14-16H,7-8,10H2,1-3H3. The average molecular weight is 237 g/mol. The molecule has 3 heteroatoms. The molecule has 0 saturated carbocycles. The topological polar surface area (TPSA) is 41.5 Å². The van der Waals surface area contributed by atoms with Gasteiger partial charge in [0.1, 0.15) is 5.75 Å². The van der Waals surface area contributed by atoms with Gasteiger partial charge >= 0.3 is 0 Å². The van der Waals surface area contributed by atoms with Crippen molar-refractivity contribution < 1.29 is 9.84 Å². The van der Waals surface area contributed by atoms with E-state index in [0.717, 1.165) is 18.7 Å². The van der Waals surface area contributed by atoms with E-state index >= 15 is 0 Å². The van der Waals surface area contributed by atoms with Gasteiger partial charge < -0.3 is 15.2 Å². The molecular weight excluding hydrogens is 214 g/mol. The van der Waals surface area contributed by atoms with Crippen LogP contribution in [0.15, 0.2) is 24.3 Å². The third kappa shape index (κ3) is 4.75. The number of aliphatic hydroxyl groups excluding tert-OH is 1. The predicted octanol–water partition coefficient (Wildman–Crippen LogP) is 1.84. The summed E-state index contributed by atoms with van der Waals surface area (Å²) in [6, 6.07) is 8.26. The van der Waals surface area contributed by atoms with Crippen molar-refractivity contribution in [1.82, 2.24) is 5.32 Å². The lowest BCUT2D eigenvalue weighted by atomic mass is 10.0. The lowest BCUT2D eigenvalue weighted by Crippen LogP contribution is -2.38. The molecule has 0 amide bonds. The van der Waals surface area contributed by atoms with Crippen LogP contribution in [0.1, 0.15) is 19.4 Å². The highest BCUT2D eigenvalue weighted by molar-refractivity contribution is 5.28. The lowest BCUT2D eigenvalue weighted by molar-refractivity contribution is 0.212. The molecule has 1 atom stereocenters. The van der Waals surface area contributed by atoms with Gasteiger partial charge in [-0.25, -0.2) is 0 Å². The number of hydrogen-bond donors (Lipinski definition) is 2. The molecule has 3 nitrogen and oxygen atoms in total. The molecule has 0 bridgehead atoms. The van der Waals surface area contributed by atoms with Crippen molar-refractivity contribution in [3.8, 4) is 5.75 Å². The Balaban J connectivity index is 2.39. The summed E-state index contributed by atoms with van der Waals surface area (Å²) in [6.07, 6.45) is 0.945. The zero-order valence-electron chi connectivity index (χ0n) is 10.9. The van der Waals surface area contributed by atoms with Crippen LogP contribution in [0, 0.1) is 5.92 Å². The maximum Gasteiger partial charge on any atom is 0.119 e. The first-order valence-corrected chi connectivity index (χ1v) is 6.14. The van der Waals surface area contributed by atoms with E-state index in [2.05, 4.69) is 25.2 Å². The number of rotatable bonds is 7. The van der Waals surface area contributed by atoms with E-state index < -0.39 is 0 Å². The Bertz CT molecular complexity index is 326. The van der Waals surface area contributed by atoms with Crippen molar-refractivity contribution in [2.45, 2.75) is 26.3 Å². The monoisotopic (exact) mass is 237 g/mol. The minimum atomic E-state index is 0.181. The van der Waals surface area contributed by atoms with Crippen LogP contribution in [-0.4, -0.2) is 31.4 Å². The molecule has 1 unspecified atom stereocenters. The highest BCUT2D eigenvalue weighted by Gasteiger charge is 2.10. The molecule has 0 fully saturated rings. The Kier molecular flexibility index (Phi) is 6.01. The first kappa shape index (κ1) is 14.0. The van der Waals surface area contributed by atoms with Gasteiger partial charge in [0.25, 0.3) is 0 Å². The summed E-state index contributed by atoms with van der Waals surface area (Å²) in [6.45, 7) is 5.28. The summed E-state index contributed by atoms with van der Waals surface area (Å²) in [7, 11) is 1.68. The number of nitrogens with one attached hydrogen (secondary N) is 1. The van der Waals surface area contributed by atoms with E-state index in [4.69, 9.17) is 4.74 Å². The Morgan fingerprint density at radius 3 is 2.71 bits per heavy atom. The largest absolute Gasteiger partial charge is 0.497 e. The molecule has 0 aliphatic rings. The van der Waals surface area contributed by atoms with Crippen LogP contribution in [0.3, 0.4) is 0 Å². The minimum absolute atomic E-state index is 0.181. The zero-order valence-corrected chi connectivity index (χ0v) is 10.9. The average Bonchev–Trinajstić information content (AvgIpc) is 2.34. The number of methoxy groups -OCH3 is 1. The second-order valence-electron chi connectivity index (χ2n) is 4.59. The molecule has 0 aliphatic carbocycles. The number of aliphatic hydroxyl groups is 1. The predicted molar refractivity (Wildman–Crippen MR) is 70.4 cm³/mol. The molecule has 0 aliphatic heterocycles. The Morgan fingerprint density at radius 1 is 1.35 bits per heavy atom. The molecule has 1 rings (SSSR count). The normalized spacial score (nSPS) is 12.8. The van der Waals surface area contributed by atoms with E-state index in [0.29, 0.717) is 5.92 Å².